The van der Waals surface area contributed by atoms with Crippen LogP contribution in [0.15, 0.2) is 109 Å². The highest BCUT2D eigenvalue weighted by atomic mass is 14.1. The van der Waals surface area contributed by atoms with Gasteiger partial charge in [0, 0.05) is 0 Å². The van der Waals surface area contributed by atoms with E-state index in [1.54, 1.807) is 6.07 Å². The Bertz CT molecular complexity index is 1900. The van der Waals surface area contributed by atoms with E-state index in [1.807, 2.05) is 48.5 Å². The van der Waals surface area contributed by atoms with Gasteiger partial charge in [-0.05, 0) is 66.3 Å². The molecule has 0 aliphatic carbocycles. The molecule has 0 radical (unpaired) electrons. The lowest BCUT2D eigenvalue weighted by Crippen LogP contribution is -1.86. The van der Waals surface area contributed by atoms with Gasteiger partial charge in [-0.2, -0.15) is 0 Å². The van der Waals surface area contributed by atoms with E-state index < -0.39 is 36.3 Å². The smallest absolute Gasteiger partial charge is 0.0616 e. The molecule has 6 rings (SSSR count). The van der Waals surface area contributed by atoms with Crippen molar-refractivity contribution in [1.82, 2.24) is 0 Å². The van der Waals surface area contributed by atoms with Gasteiger partial charge in [0.05, 0.1) is 12.3 Å². The molecule has 6 aromatic carbocycles. The highest BCUT2D eigenvalue weighted by Crippen LogP contribution is 2.38. The van der Waals surface area contributed by atoms with Crippen molar-refractivity contribution >= 4 is 43.1 Å². The van der Waals surface area contributed by atoms with Crippen LogP contribution in [0.2, 0.25) is 0 Å². The van der Waals surface area contributed by atoms with Gasteiger partial charge >= 0.3 is 0 Å². The molecule has 0 unspecified atom stereocenters. The van der Waals surface area contributed by atoms with E-state index in [2.05, 4.69) is 0 Å². The summed E-state index contributed by atoms with van der Waals surface area (Å²) in [6.45, 7) is 0. The normalized spacial score (nSPS) is 16.1. The molecule has 0 saturated carbocycles. The number of hydrogen-bond donors (Lipinski definition) is 0. The molecule has 130 valence electrons. The third-order valence-corrected chi connectivity index (χ3v) is 5.16. The van der Waals surface area contributed by atoms with E-state index in [0.717, 1.165) is 21.5 Å². The molecule has 0 spiro atoms. The van der Waals surface area contributed by atoms with Gasteiger partial charge in [-0.1, -0.05) is 96.9 Å². The standard InChI is InChI=1S/C28H18/c1-4-10-24-19(7-1)13-14-22-18-23(15-16-25(22)24)28-26-11-5-2-8-20(26)17-21-9-3-6-12-27(21)28/h1-18H/i2D,3D,5D,6D,8D,9D,11D,12D,17D. The molecule has 0 heteroatoms. The molecular weight excluding hydrogens is 336 g/mol. The van der Waals surface area contributed by atoms with Gasteiger partial charge < -0.3 is 0 Å². The summed E-state index contributed by atoms with van der Waals surface area (Å²) in [4.78, 5) is 0. The Morgan fingerprint density at radius 2 is 1.14 bits per heavy atom. The van der Waals surface area contributed by atoms with Crippen LogP contribution in [0.5, 0.6) is 0 Å². The summed E-state index contributed by atoms with van der Waals surface area (Å²) in [5, 5.41) is 3.95. The van der Waals surface area contributed by atoms with Crippen LogP contribution in [0.4, 0.5) is 0 Å². The largest absolute Gasteiger partial charge is 0.0636 e. The Balaban J connectivity index is 1.89. The fourth-order valence-electron chi connectivity index (χ4n) is 3.89. The lowest BCUT2D eigenvalue weighted by Gasteiger charge is -2.13. The third-order valence-electron chi connectivity index (χ3n) is 5.16. The van der Waals surface area contributed by atoms with Crippen molar-refractivity contribution in [3.8, 4) is 11.1 Å². The summed E-state index contributed by atoms with van der Waals surface area (Å²) in [6, 6.07) is 13.7. The predicted octanol–water partition coefficient (Wildman–Crippen LogP) is 7.97. The predicted molar refractivity (Wildman–Crippen MR) is 122 cm³/mol. The molecule has 0 amide bonds. The van der Waals surface area contributed by atoms with Crippen LogP contribution in [-0.4, -0.2) is 0 Å². The average Bonchev–Trinajstić information content (AvgIpc) is 2.91. The molecular formula is C28H18. The molecule has 0 nitrogen and oxygen atoms in total. The first-order valence-corrected chi connectivity index (χ1v) is 8.98. The van der Waals surface area contributed by atoms with Crippen molar-refractivity contribution in [3.63, 3.8) is 0 Å². The first-order valence-electron chi connectivity index (χ1n) is 13.5. The SMILES string of the molecule is [2H]c1c([2H])c([2H])c2c(-c3ccc4c(ccc5ccccc54)c3)c3c([2H])c([2H])c([2H])c([2H])c3c([2H])c2c1[2H]. The Hall–Kier alpha value is -3.64. The van der Waals surface area contributed by atoms with Gasteiger partial charge in [-0.15, -0.1) is 0 Å². The van der Waals surface area contributed by atoms with Gasteiger partial charge in [0.15, 0.2) is 0 Å². The van der Waals surface area contributed by atoms with E-state index in [1.165, 1.54) is 0 Å². The molecule has 0 saturated heterocycles. The van der Waals surface area contributed by atoms with E-state index in [0.29, 0.717) is 5.56 Å². The molecule has 0 aromatic heterocycles. The molecule has 0 N–H and O–H groups in total. The molecule has 28 heavy (non-hydrogen) atoms. The van der Waals surface area contributed by atoms with Crippen molar-refractivity contribution in [2.45, 2.75) is 0 Å². The zero-order valence-electron chi connectivity index (χ0n) is 23.7. The molecule has 0 heterocycles. The highest BCUT2D eigenvalue weighted by Gasteiger charge is 2.10. The van der Waals surface area contributed by atoms with Crippen LogP contribution >= 0.6 is 0 Å². The Labute approximate surface area is 176 Å². The van der Waals surface area contributed by atoms with Crippen LogP contribution in [0, 0.1) is 0 Å². The maximum absolute atomic E-state index is 8.83. The van der Waals surface area contributed by atoms with Crippen molar-refractivity contribution in [1.29, 1.82) is 0 Å². The zero-order chi connectivity index (χ0) is 26.3. The number of fused-ring (bicyclic) bond motifs is 5. The summed E-state index contributed by atoms with van der Waals surface area (Å²) in [6.07, 6.45) is 0. The molecule has 6 aromatic rings. The van der Waals surface area contributed by atoms with Gasteiger partial charge in [-0.25, -0.2) is 0 Å². The topological polar surface area (TPSA) is 0 Å². The Morgan fingerprint density at radius 1 is 0.500 bits per heavy atom. The van der Waals surface area contributed by atoms with E-state index in [4.69, 9.17) is 12.3 Å². The van der Waals surface area contributed by atoms with Gasteiger partial charge in [0.25, 0.3) is 0 Å². The second-order valence-corrected chi connectivity index (χ2v) is 6.72. The summed E-state index contributed by atoms with van der Waals surface area (Å²) < 4.78 is 76.3. The summed E-state index contributed by atoms with van der Waals surface area (Å²) in [7, 11) is 0. The second kappa shape index (κ2) is 5.94. The maximum atomic E-state index is 8.83. The van der Waals surface area contributed by atoms with Crippen molar-refractivity contribution in [3.05, 3.63) is 109 Å². The van der Waals surface area contributed by atoms with E-state index in [9.17, 15) is 0 Å². The first kappa shape index (κ1) is 9.03. The van der Waals surface area contributed by atoms with E-state index >= 15 is 0 Å². The molecule has 0 fully saturated rings. The second-order valence-electron chi connectivity index (χ2n) is 6.72. The summed E-state index contributed by atoms with van der Waals surface area (Å²) >= 11 is 0. The summed E-state index contributed by atoms with van der Waals surface area (Å²) in [5.41, 5.74) is 0.794. The molecule has 0 aliphatic rings. The zero-order valence-corrected chi connectivity index (χ0v) is 14.7. The first-order chi connectivity index (χ1) is 17.6. The minimum absolute atomic E-state index is 0.0636. The quantitative estimate of drug-likeness (QED) is 0.205. The lowest BCUT2D eigenvalue weighted by molar-refractivity contribution is 1.71. The number of benzene rings is 6. The van der Waals surface area contributed by atoms with Crippen LogP contribution in [0.25, 0.3) is 54.2 Å². The molecule has 0 bridgehead atoms. The minimum Gasteiger partial charge on any atom is -0.0616 e. The Kier molecular flexibility index (Phi) is 1.91. The molecule has 0 aliphatic heterocycles. The van der Waals surface area contributed by atoms with Gasteiger partial charge in [-0.3, -0.25) is 0 Å². The van der Waals surface area contributed by atoms with Crippen molar-refractivity contribution in [2.75, 3.05) is 0 Å². The number of hydrogen-bond acceptors (Lipinski definition) is 0. The average molecular weight is 364 g/mol. The fraction of sp³-hybridized carbons (Fsp3) is 0. The summed E-state index contributed by atoms with van der Waals surface area (Å²) in [5.74, 6) is 0. The minimum atomic E-state index is -0.498. The highest BCUT2D eigenvalue weighted by molar-refractivity contribution is 6.15. The van der Waals surface area contributed by atoms with Gasteiger partial charge in [0.1, 0.15) is 0 Å². The monoisotopic (exact) mass is 363 g/mol. The maximum Gasteiger partial charge on any atom is 0.0636 e. The molecule has 0 atom stereocenters. The van der Waals surface area contributed by atoms with Crippen LogP contribution in [0.1, 0.15) is 12.3 Å². The number of rotatable bonds is 1. The third kappa shape index (κ3) is 2.25. The van der Waals surface area contributed by atoms with Crippen LogP contribution < -0.4 is 0 Å². The van der Waals surface area contributed by atoms with E-state index in [-0.39, 0.29) is 45.2 Å². The van der Waals surface area contributed by atoms with Gasteiger partial charge in [0.2, 0.25) is 0 Å². The van der Waals surface area contributed by atoms with Crippen LogP contribution in [-0.2, 0) is 0 Å². The van der Waals surface area contributed by atoms with Crippen molar-refractivity contribution < 1.29 is 12.3 Å². The van der Waals surface area contributed by atoms with Crippen LogP contribution in [0.3, 0.4) is 0 Å². The Morgan fingerprint density at radius 3 is 1.93 bits per heavy atom. The lowest BCUT2D eigenvalue weighted by atomic mass is 9.90. The van der Waals surface area contributed by atoms with Crippen molar-refractivity contribution in [2.24, 2.45) is 0 Å². The fourth-order valence-corrected chi connectivity index (χ4v) is 3.89.